The summed E-state index contributed by atoms with van der Waals surface area (Å²) in [6.07, 6.45) is 0.999. The van der Waals surface area contributed by atoms with Gasteiger partial charge in [0, 0.05) is 19.4 Å². The first-order valence-electron chi connectivity index (χ1n) is 4.96. The van der Waals surface area contributed by atoms with Crippen LogP contribution in [0.2, 0.25) is 5.15 Å². The quantitative estimate of drug-likeness (QED) is 0.798. The molecule has 0 bridgehead atoms. The molecule has 0 saturated carbocycles. The van der Waals surface area contributed by atoms with Crippen LogP contribution in [0.15, 0.2) is 0 Å². The monoisotopic (exact) mass is 245 g/mol. The fraction of sp³-hybridized carbons (Fsp3) is 0.556. The highest BCUT2D eigenvalue weighted by molar-refractivity contribution is 6.30. The largest absolute Gasteiger partial charge is 0.480 e. The van der Waals surface area contributed by atoms with E-state index in [2.05, 4.69) is 5.10 Å². The molecule has 1 aliphatic heterocycles. The minimum atomic E-state index is -1.06. The van der Waals surface area contributed by atoms with E-state index in [1.807, 2.05) is 0 Å². The van der Waals surface area contributed by atoms with Crippen LogP contribution in [0.4, 0.5) is 0 Å². The average molecular weight is 246 g/mol. The van der Waals surface area contributed by atoms with Crippen molar-refractivity contribution in [2.45, 2.75) is 25.4 Å². The topological polar surface area (TPSA) is 90.4 Å². The molecular weight excluding hydrogens is 234 g/mol. The summed E-state index contributed by atoms with van der Waals surface area (Å²) in [7, 11) is 0. The van der Waals surface area contributed by atoms with E-state index in [-0.39, 0.29) is 11.6 Å². The molecule has 7 heteroatoms. The molecule has 6 nitrogen and oxygen atoms in total. The van der Waals surface area contributed by atoms with Crippen molar-refractivity contribution in [3.05, 3.63) is 10.7 Å². The van der Waals surface area contributed by atoms with Crippen LogP contribution in [0.1, 0.15) is 12.0 Å². The third-order valence-corrected chi connectivity index (χ3v) is 2.75. The number of aliphatic carboxylic acids is 1. The van der Waals surface area contributed by atoms with Crippen LogP contribution in [-0.2, 0) is 17.8 Å². The summed E-state index contributed by atoms with van der Waals surface area (Å²) in [6, 6.07) is -0.989. The number of halogens is 1. The molecule has 0 amide bonds. The van der Waals surface area contributed by atoms with Gasteiger partial charge in [0.05, 0.1) is 12.2 Å². The Kier molecular flexibility index (Phi) is 3.02. The Hall–Kier alpha value is -1.27. The molecule has 0 aromatic carbocycles. The maximum absolute atomic E-state index is 10.7. The molecule has 1 aromatic heterocycles. The number of aryl methyl sites for hydroxylation is 1. The molecule has 1 aliphatic rings. The van der Waals surface area contributed by atoms with E-state index in [4.69, 9.17) is 27.2 Å². The normalized spacial score (nSPS) is 16.4. The fourth-order valence-electron chi connectivity index (χ4n) is 1.63. The van der Waals surface area contributed by atoms with Crippen LogP contribution in [0.5, 0.6) is 5.88 Å². The second-order valence-electron chi connectivity index (χ2n) is 3.65. The third kappa shape index (κ3) is 1.98. The van der Waals surface area contributed by atoms with Gasteiger partial charge in [-0.3, -0.25) is 4.79 Å². The maximum atomic E-state index is 10.7. The van der Waals surface area contributed by atoms with Crippen molar-refractivity contribution in [1.29, 1.82) is 0 Å². The molecule has 0 saturated heterocycles. The van der Waals surface area contributed by atoms with Crippen LogP contribution in [0.3, 0.4) is 0 Å². The number of nitrogens with two attached hydrogens (primary N) is 1. The van der Waals surface area contributed by atoms with Gasteiger partial charge in [-0.25, -0.2) is 4.68 Å². The second-order valence-corrected chi connectivity index (χ2v) is 4.01. The minimum absolute atomic E-state index is 0.128. The number of aromatic nitrogens is 2. The van der Waals surface area contributed by atoms with E-state index in [1.54, 1.807) is 4.68 Å². The number of nitrogens with zero attached hydrogens (tertiary/aromatic N) is 2. The molecule has 16 heavy (non-hydrogen) atoms. The van der Waals surface area contributed by atoms with Gasteiger partial charge < -0.3 is 15.6 Å². The summed E-state index contributed by atoms with van der Waals surface area (Å²) in [5.41, 5.74) is 6.04. The number of carboxylic acid groups (broad SMARTS) is 1. The SMILES string of the molecule is NC(Cc1c(Cl)nn2c1OCCC2)C(=O)O. The van der Waals surface area contributed by atoms with Crippen LogP contribution in [-0.4, -0.2) is 33.5 Å². The maximum Gasteiger partial charge on any atom is 0.320 e. The lowest BCUT2D eigenvalue weighted by molar-refractivity contribution is -0.138. The van der Waals surface area contributed by atoms with Crippen LogP contribution in [0, 0.1) is 0 Å². The van der Waals surface area contributed by atoms with E-state index in [9.17, 15) is 4.79 Å². The van der Waals surface area contributed by atoms with Gasteiger partial charge in [0.2, 0.25) is 5.88 Å². The predicted octanol–water partition coefficient (Wildman–Crippen LogP) is 0.273. The highest BCUT2D eigenvalue weighted by Gasteiger charge is 2.24. The third-order valence-electron chi connectivity index (χ3n) is 2.44. The number of hydrogen-bond donors (Lipinski definition) is 2. The van der Waals surface area contributed by atoms with Gasteiger partial charge in [-0.15, -0.1) is 0 Å². The van der Waals surface area contributed by atoms with Gasteiger partial charge in [-0.05, 0) is 0 Å². The van der Waals surface area contributed by atoms with Gasteiger partial charge in [0.25, 0.3) is 0 Å². The number of carboxylic acids is 1. The number of hydrogen-bond acceptors (Lipinski definition) is 4. The Morgan fingerprint density at radius 2 is 2.50 bits per heavy atom. The van der Waals surface area contributed by atoms with E-state index in [0.29, 0.717) is 18.1 Å². The zero-order valence-corrected chi connectivity index (χ0v) is 9.28. The minimum Gasteiger partial charge on any atom is -0.480 e. The summed E-state index contributed by atoms with van der Waals surface area (Å²) in [4.78, 5) is 10.7. The lowest BCUT2D eigenvalue weighted by Gasteiger charge is -2.16. The highest BCUT2D eigenvalue weighted by Crippen LogP contribution is 2.29. The van der Waals surface area contributed by atoms with E-state index < -0.39 is 12.0 Å². The average Bonchev–Trinajstić information content (AvgIpc) is 2.55. The van der Waals surface area contributed by atoms with Gasteiger partial charge in [0.1, 0.15) is 6.04 Å². The molecule has 3 N–H and O–H groups in total. The molecule has 0 radical (unpaired) electrons. The molecule has 0 fully saturated rings. The Bertz CT molecular complexity index is 418. The van der Waals surface area contributed by atoms with Gasteiger partial charge in [-0.2, -0.15) is 5.10 Å². The van der Waals surface area contributed by atoms with Crippen molar-refractivity contribution >= 4 is 17.6 Å². The van der Waals surface area contributed by atoms with Crippen molar-refractivity contribution in [1.82, 2.24) is 9.78 Å². The summed E-state index contributed by atoms with van der Waals surface area (Å²) in [6.45, 7) is 1.33. The summed E-state index contributed by atoms with van der Waals surface area (Å²) in [5, 5.41) is 13.1. The number of carbonyl (C=O) groups is 1. The zero-order chi connectivity index (χ0) is 11.7. The molecule has 1 aromatic rings. The molecule has 2 rings (SSSR count). The van der Waals surface area contributed by atoms with Crippen molar-refractivity contribution < 1.29 is 14.6 Å². The molecule has 1 atom stereocenters. The molecule has 0 aliphatic carbocycles. The lowest BCUT2D eigenvalue weighted by atomic mass is 10.1. The smallest absolute Gasteiger partial charge is 0.320 e. The molecule has 88 valence electrons. The van der Waals surface area contributed by atoms with Crippen molar-refractivity contribution in [2.75, 3.05) is 6.61 Å². The summed E-state index contributed by atoms with van der Waals surface area (Å²) >= 11 is 5.92. The standard InChI is InChI=1S/C9H12ClN3O3/c10-7-5(4-6(11)9(14)15)8-13(12-7)2-1-3-16-8/h6H,1-4,11H2,(H,14,15). The fourth-order valence-corrected chi connectivity index (χ4v) is 1.88. The van der Waals surface area contributed by atoms with E-state index in [0.717, 1.165) is 13.0 Å². The number of ether oxygens (including phenoxy) is 1. The molecule has 0 spiro atoms. The Morgan fingerprint density at radius 3 is 3.19 bits per heavy atom. The first kappa shape index (κ1) is 11.2. The van der Waals surface area contributed by atoms with Crippen LogP contribution >= 0.6 is 11.6 Å². The van der Waals surface area contributed by atoms with Crippen LogP contribution in [0.25, 0.3) is 0 Å². The van der Waals surface area contributed by atoms with E-state index >= 15 is 0 Å². The molecular formula is C9H12ClN3O3. The first-order chi connectivity index (χ1) is 7.59. The summed E-state index contributed by atoms with van der Waals surface area (Å²) < 4.78 is 7.07. The number of fused-ring (bicyclic) bond motifs is 1. The van der Waals surface area contributed by atoms with Gasteiger partial charge >= 0.3 is 5.97 Å². The number of rotatable bonds is 3. The van der Waals surface area contributed by atoms with Gasteiger partial charge in [0.15, 0.2) is 5.15 Å². The van der Waals surface area contributed by atoms with Crippen molar-refractivity contribution in [3.63, 3.8) is 0 Å². The molecule has 1 unspecified atom stereocenters. The zero-order valence-electron chi connectivity index (χ0n) is 8.52. The first-order valence-corrected chi connectivity index (χ1v) is 5.33. The van der Waals surface area contributed by atoms with Gasteiger partial charge in [-0.1, -0.05) is 11.6 Å². The molecule has 2 heterocycles. The predicted molar refractivity (Wildman–Crippen MR) is 56.7 cm³/mol. The van der Waals surface area contributed by atoms with Crippen LogP contribution < -0.4 is 10.5 Å². The van der Waals surface area contributed by atoms with Crippen molar-refractivity contribution in [2.24, 2.45) is 5.73 Å². The lowest BCUT2D eigenvalue weighted by Crippen LogP contribution is -2.32. The Labute approximate surface area is 96.9 Å². The summed E-state index contributed by atoms with van der Waals surface area (Å²) in [5.74, 6) is -0.514. The highest BCUT2D eigenvalue weighted by atomic mass is 35.5. The Balaban J connectivity index is 2.26. The van der Waals surface area contributed by atoms with Crippen molar-refractivity contribution in [3.8, 4) is 5.88 Å². The van der Waals surface area contributed by atoms with E-state index in [1.165, 1.54) is 0 Å². The Morgan fingerprint density at radius 1 is 1.75 bits per heavy atom. The second kappa shape index (κ2) is 4.31.